The van der Waals surface area contributed by atoms with Gasteiger partial charge in [0.2, 0.25) is 0 Å². The van der Waals surface area contributed by atoms with E-state index >= 15 is 0 Å². The van der Waals surface area contributed by atoms with E-state index in [4.69, 9.17) is 5.73 Å². The number of piperidine rings is 1. The first-order valence-corrected chi connectivity index (χ1v) is 9.62. The summed E-state index contributed by atoms with van der Waals surface area (Å²) in [5.74, 6) is 0.419. The number of β-amino-alcohol motifs (C(OH)–C–C–N with tert-alkyl or cyclic N) is 1. The Balaban J connectivity index is 1.43. The number of hydrogen-bond acceptors (Lipinski definition) is 4. The van der Waals surface area contributed by atoms with Gasteiger partial charge < -0.3 is 21.1 Å². The van der Waals surface area contributed by atoms with Gasteiger partial charge in [-0.05, 0) is 62.0 Å². The van der Waals surface area contributed by atoms with Gasteiger partial charge in [-0.25, -0.2) is 0 Å². The molecule has 5 nitrogen and oxygen atoms in total. The van der Waals surface area contributed by atoms with E-state index < -0.39 is 6.10 Å². The smallest absolute Gasteiger partial charge is 0.251 e. The second-order valence-electron chi connectivity index (χ2n) is 7.45. The van der Waals surface area contributed by atoms with Crippen LogP contribution in [0.1, 0.15) is 40.4 Å². The van der Waals surface area contributed by atoms with Crippen LogP contribution in [0.2, 0.25) is 0 Å². The van der Waals surface area contributed by atoms with Crippen LogP contribution in [0.15, 0.2) is 48.5 Å². The number of rotatable bonds is 6. The van der Waals surface area contributed by atoms with Crippen molar-refractivity contribution in [3.8, 4) is 0 Å². The summed E-state index contributed by atoms with van der Waals surface area (Å²) in [4.78, 5) is 14.7. The molecule has 3 rings (SSSR count). The highest BCUT2D eigenvalue weighted by molar-refractivity contribution is 5.96. The average Bonchev–Trinajstić information content (AvgIpc) is 2.69. The summed E-state index contributed by atoms with van der Waals surface area (Å²) >= 11 is 0. The molecule has 1 unspecified atom stereocenters. The molecule has 0 aromatic heterocycles. The summed E-state index contributed by atoms with van der Waals surface area (Å²) in [7, 11) is 0. The van der Waals surface area contributed by atoms with E-state index in [1.165, 1.54) is 0 Å². The summed E-state index contributed by atoms with van der Waals surface area (Å²) in [6.07, 6.45) is 1.60. The van der Waals surface area contributed by atoms with Gasteiger partial charge in [0.25, 0.3) is 5.91 Å². The Bertz CT molecular complexity index is 755. The van der Waals surface area contributed by atoms with Gasteiger partial charge in [0.15, 0.2) is 0 Å². The lowest BCUT2D eigenvalue weighted by Gasteiger charge is -2.33. The van der Waals surface area contributed by atoms with E-state index in [9.17, 15) is 9.90 Å². The standard InChI is InChI=1S/C22H29N3O2/c1-16-7-8-19(23)13-20(16)22(27)24-14-17-9-11-25(12-10-17)15-21(26)18-5-3-2-4-6-18/h2-8,13,17,21,26H,9-12,14-15,23H2,1H3,(H,24,27). The third-order valence-corrected chi connectivity index (χ3v) is 5.38. The maximum absolute atomic E-state index is 12.4. The average molecular weight is 367 g/mol. The van der Waals surface area contributed by atoms with Gasteiger partial charge in [-0.2, -0.15) is 0 Å². The Labute approximate surface area is 161 Å². The predicted octanol–water partition coefficient (Wildman–Crippen LogP) is 2.75. The molecule has 0 spiro atoms. The van der Waals surface area contributed by atoms with Gasteiger partial charge in [-0.1, -0.05) is 36.4 Å². The Morgan fingerprint density at radius 1 is 1.22 bits per heavy atom. The number of nitrogens with two attached hydrogens (primary N) is 1. The van der Waals surface area contributed by atoms with Crippen molar-refractivity contribution < 1.29 is 9.90 Å². The van der Waals surface area contributed by atoms with Crippen LogP contribution >= 0.6 is 0 Å². The second kappa shape index (κ2) is 9.02. The molecule has 2 aromatic rings. The van der Waals surface area contributed by atoms with Crippen LogP contribution in [0.4, 0.5) is 5.69 Å². The molecule has 0 radical (unpaired) electrons. The fourth-order valence-corrected chi connectivity index (χ4v) is 3.61. The molecule has 1 amide bonds. The highest BCUT2D eigenvalue weighted by Gasteiger charge is 2.22. The lowest BCUT2D eigenvalue weighted by atomic mass is 9.96. The van der Waals surface area contributed by atoms with Crippen molar-refractivity contribution >= 4 is 11.6 Å². The minimum atomic E-state index is -0.450. The number of carbonyl (C=O) groups is 1. The Morgan fingerprint density at radius 3 is 2.63 bits per heavy atom. The number of benzene rings is 2. The summed E-state index contributed by atoms with van der Waals surface area (Å²) < 4.78 is 0. The van der Waals surface area contributed by atoms with Crippen LogP contribution < -0.4 is 11.1 Å². The molecule has 1 heterocycles. The molecule has 0 aliphatic carbocycles. The lowest BCUT2D eigenvalue weighted by molar-refractivity contribution is 0.0852. The first-order chi connectivity index (χ1) is 13.0. The van der Waals surface area contributed by atoms with E-state index in [0.717, 1.165) is 37.1 Å². The minimum absolute atomic E-state index is 0.0540. The molecule has 4 N–H and O–H groups in total. The first-order valence-electron chi connectivity index (χ1n) is 9.62. The van der Waals surface area contributed by atoms with Gasteiger partial charge in [-0.15, -0.1) is 0 Å². The van der Waals surface area contributed by atoms with Crippen molar-refractivity contribution in [2.75, 3.05) is 31.9 Å². The molecule has 1 aliphatic heterocycles. The number of aliphatic hydroxyl groups excluding tert-OH is 1. The molecular weight excluding hydrogens is 338 g/mol. The van der Waals surface area contributed by atoms with Gasteiger partial charge >= 0.3 is 0 Å². The zero-order chi connectivity index (χ0) is 19.2. The van der Waals surface area contributed by atoms with E-state index in [-0.39, 0.29) is 5.91 Å². The van der Waals surface area contributed by atoms with Crippen molar-refractivity contribution in [1.82, 2.24) is 10.2 Å². The van der Waals surface area contributed by atoms with Crippen molar-refractivity contribution in [2.24, 2.45) is 5.92 Å². The maximum Gasteiger partial charge on any atom is 0.251 e. The quantitative estimate of drug-likeness (QED) is 0.686. The van der Waals surface area contributed by atoms with Crippen molar-refractivity contribution in [2.45, 2.75) is 25.9 Å². The predicted molar refractivity (Wildman–Crippen MR) is 108 cm³/mol. The highest BCUT2D eigenvalue weighted by Crippen LogP contribution is 2.21. The van der Waals surface area contributed by atoms with Crippen LogP contribution in [-0.4, -0.2) is 42.1 Å². The number of anilines is 1. The number of likely N-dealkylation sites (tertiary alicyclic amines) is 1. The van der Waals surface area contributed by atoms with Crippen LogP contribution in [0.3, 0.4) is 0 Å². The molecule has 1 atom stereocenters. The molecule has 0 saturated carbocycles. The molecule has 1 fully saturated rings. The number of aliphatic hydroxyl groups is 1. The molecule has 5 heteroatoms. The van der Waals surface area contributed by atoms with Crippen LogP contribution in [-0.2, 0) is 0 Å². The van der Waals surface area contributed by atoms with E-state index in [1.54, 1.807) is 6.07 Å². The van der Waals surface area contributed by atoms with Crippen molar-refractivity contribution in [3.63, 3.8) is 0 Å². The molecule has 1 saturated heterocycles. The van der Waals surface area contributed by atoms with Gasteiger partial charge in [-0.3, -0.25) is 4.79 Å². The topological polar surface area (TPSA) is 78.6 Å². The summed E-state index contributed by atoms with van der Waals surface area (Å²) in [5, 5.41) is 13.4. The number of nitrogens with zero attached hydrogens (tertiary/aromatic N) is 1. The van der Waals surface area contributed by atoms with Crippen molar-refractivity contribution in [3.05, 3.63) is 65.2 Å². The molecule has 1 aliphatic rings. The third kappa shape index (κ3) is 5.31. The number of nitrogens with one attached hydrogen (secondary N) is 1. The van der Waals surface area contributed by atoms with Gasteiger partial charge in [0, 0.05) is 24.3 Å². The fraction of sp³-hybridized carbons (Fsp3) is 0.409. The zero-order valence-electron chi connectivity index (χ0n) is 15.9. The Hall–Kier alpha value is -2.37. The monoisotopic (exact) mass is 367 g/mol. The van der Waals surface area contributed by atoms with E-state index in [2.05, 4.69) is 10.2 Å². The number of amides is 1. The van der Waals surface area contributed by atoms with Crippen LogP contribution in [0.5, 0.6) is 0 Å². The third-order valence-electron chi connectivity index (χ3n) is 5.38. The molecule has 144 valence electrons. The minimum Gasteiger partial charge on any atom is -0.399 e. The summed E-state index contributed by atoms with van der Waals surface area (Å²) in [6, 6.07) is 15.2. The summed E-state index contributed by atoms with van der Waals surface area (Å²) in [6.45, 7) is 5.15. The molecule has 27 heavy (non-hydrogen) atoms. The van der Waals surface area contributed by atoms with Gasteiger partial charge in [0.05, 0.1) is 6.10 Å². The molecular formula is C22H29N3O2. The van der Waals surface area contributed by atoms with E-state index in [1.807, 2.05) is 49.4 Å². The largest absolute Gasteiger partial charge is 0.399 e. The second-order valence-corrected chi connectivity index (χ2v) is 7.45. The van der Waals surface area contributed by atoms with Crippen molar-refractivity contribution in [1.29, 1.82) is 0 Å². The number of nitrogen functional groups attached to an aromatic ring is 1. The van der Waals surface area contributed by atoms with E-state index in [0.29, 0.717) is 30.3 Å². The Kier molecular flexibility index (Phi) is 6.48. The fourth-order valence-electron chi connectivity index (χ4n) is 3.61. The molecule has 2 aromatic carbocycles. The lowest BCUT2D eigenvalue weighted by Crippen LogP contribution is -2.40. The SMILES string of the molecule is Cc1ccc(N)cc1C(=O)NCC1CCN(CC(O)c2ccccc2)CC1. The zero-order valence-corrected chi connectivity index (χ0v) is 15.9. The van der Waals surface area contributed by atoms with Gasteiger partial charge in [0.1, 0.15) is 0 Å². The van der Waals surface area contributed by atoms with Crippen LogP contribution in [0, 0.1) is 12.8 Å². The Morgan fingerprint density at radius 2 is 1.93 bits per heavy atom. The normalized spacial score (nSPS) is 16.8. The molecule has 0 bridgehead atoms. The summed E-state index contributed by atoms with van der Waals surface area (Å²) in [5.41, 5.74) is 8.95. The van der Waals surface area contributed by atoms with Crippen LogP contribution in [0.25, 0.3) is 0 Å². The number of carbonyl (C=O) groups excluding carboxylic acids is 1. The first kappa shape index (κ1) is 19.4. The number of hydrogen-bond donors (Lipinski definition) is 3. The maximum atomic E-state index is 12.4. The highest BCUT2D eigenvalue weighted by atomic mass is 16.3. The number of aryl methyl sites for hydroxylation is 1.